The van der Waals surface area contributed by atoms with Gasteiger partial charge in [-0.25, -0.2) is 15.0 Å². The highest BCUT2D eigenvalue weighted by Crippen LogP contribution is 2.29. The Morgan fingerprint density at radius 1 is 0.900 bits per heavy atom. The number of nitrogens with zero attached hydrogens (tertiary/aromatic N) is 8. The standard InChI is InChI=1S/C21H32N8O/c1-21(2)16-28(13-14-29(21)19-5-7-22-17(24-19)6-15-30)18-4-8-23-20(25-18)27-11-9-26(3)10-12-27/h4-5,7-8,30H,6,9-16H2,1-3H3. The molecule has 0 atom stereocenters. The zero-order valence-corrected chi connectivity index (χ0v) is 18.2. The minimum absolute atomic E-state index is 0.0595. The molecule has 30 heavy (non-hydrogen) atoms. The van der Waals surface area contributed by atoms with Crippen molar-refractivity contribution in [2.24, 2.45) is 0 Å². The van der Waals surface area contributed by atoms with Crippen LogP contribution in [-0.2, 0) is 6.42 Å². The third kappa shape index (κ3) is 4.46. The number of likely N-dealkylation sites (N-methyl/N-ethyl adjacent to an activating group) is 1. The lowest BCUT2D eigenvalue weighted by Crippen LogP contribution is -2.60. The summed E-state index contributed by atoms with van der Waals surface area (Å²) in [6.07, 6.45) is 4.13. The fraction of sp³-hybridized carbons (Fsp3) is 0.619. The van der Waals surface area contributed by atoms with Crippen molar-refractivity contribution in [3.8, 4) is 0 Å². The maximum Gasteiger partial charge on any atom is 0.227 e. The number of aliphatic hydroxyl groups excluding tert-OH is 1. The summed E-state index contributed by atoms with van der Waals surface area (Å²) >= 11 is 0. The van der Waals surface area contributed by atoms with Gasteiger partial charge in [-0.05, 0) is 33.0 Å². The summed E-state index contributed by atoms with van der Waals surface area (Å²) in [5, 5.41) is 9.20. The molecule has 1 N–H and O–H groups in total. The normalized spacial score (nSPS) is 19.9. The van der Waals surface area contributed by atoms with Crippen LogP contribution in [0, 0.1) is 0 Å². The number of piperazine rings is 2. The molecular weight excluding hydrogens is 380 g/mol. The van der Waals surface area contributed by atoms with Crippen LogP contribution in [0.4, 0.5) is 17.6 Å². The topological polar surface area (TPSA) is 84.8 Å². The van der Waals surface area contributed by atoms with Crippen molar-refractivity contribution >= 4 is 17.6 Å². The largest absolute Gasteiger partial charge is 0.396 e. The Bertz CT molecular complexity index is 852. The van der Waals surface area contributed by atoms with Gasteiger partial charge in [-0.3, -0.25) is 0 Å². The van der Waals surface area contributed by atoms with Gasteiger partial charge >= 0.3 is 0 Å². The van der Waals surface area contributed by atoms with Gasteiger partial charge in [0.2, 0.25) is 5.95 Å². The van der Waals surface area contributed by atoms with Gasteiger partial charge in [0.25, 0.3) is 0 Å². The average Bonchev–Trinajstić information content (AvgIpc) is 2.74. The van der Waals surface area contributed by atoms with Gasteiger partial charge in [-0.15, -0.1) is 0 Å². The molecular formula is C21H32N8O. The minimum atomic E-state index is -0.123. The van der Waals surface area contributed by atoms with Gasteiger partial charge in [0.1, 0.15) is 17.5 Å². The summed E-state index contributed by atoms with van der Waals surface area (Å²) in [4.78, 5) is 27.6. The summed E-state index contributed by atoms with van der Waals surface area (Å²) in [5.41, 5.74) is -0.123. The van der Waals surface area contributed by atoms with Crippen LogP contribution < -0.4 is 14.7 Å². The zero-order valence-electron chi connectivity index (χ0n) is 18.2. The van der Waals surface area contributed by atoms with Crippen LogP contribution in [0.2, 0.25) is 0 Å². The van der Waals surface area contributed by atoms with Crippen molar-refractivity contribution in [2.45, 2.75) is 25.8 Å². The fourth-order valence-electron chi connectivity index (χ4n) is 4.21. The molecule has 4 rings (SSSR count). The smallest absolute Gasteiger partial charge is 0.227 e. The van der Waals surface area contributed by atoms with Crippen LogP contribution in [0.3, 0.4) is 0 Å². The quantitative estimate of drug-likeness (QED) is 0.761. The van der Waals surface area contributed by atoms with Crippen molar-refractivity contribution in [3.63, 3.8) is 0 Å². The van der Waals surface area contributed by atoms with E-state index in [1.807, 2.05) is 18.3 Å². The number of aliphatic hydroxyl groups is 1. The van der Waals surface area contributed by atoms with Gasteiger partial charge in [0.05, 0.1) is 12.1 Å². The Balaban J connectivity index is 1.48. The van der Waals surface area contributed by atoms with E-state index in [9.17, 15) is 5.11 Å². The van der Waals surface area contributed by atoms with E-state index in [1.165, 1.54) is 0 Å². The summed E-state index contributed by atoms with van der Waals surface area (Å²) in [5.74, 6) is 3.40. The maximum absolute atomic E-state index is 9.20. The van der Waals surface area contributed by atoms with E-state index < -0.39 is 0 Å². The molecule has 0 amide bonds. The molecule has 0 aliphatic carbocycles. The Morgan fingerprint density at radius 3 is 2.33 bits per heavy atom. The van der Waals surface area contributed by atoms with Gasteiger partial charge in [0, 0.05) is 64.6 Å². The molecule has 0 saturated carbocycles. The molecule has 4 heterocycles. The molecule has 2 aromatic rings. The monoisotopic (exact) mass is 412 g/mol. The zero-order chi connectivity index (χ0) is 21.1. The number of rotatable bonds is 5. The number of aromatic nitrogens is 4. The molecule has 9 heteroatoms. The molecule has 0 aromatic carbocycles. The van der Waals surface area contributed by atoms with Gasteiger partial charge in [0.15, 0.2) is 0 Å². The first-order chi connectivity index (χ1) is 14.5. The lowest BCUT2D eigenvalue weighted by atomic mass is 9.98. The molecule has 2 aliphatic rings. The van der Waals surface area contributed by atoms with E-state index in [-0.39, 0.29) is 12.1 Å². The first kappa shape index (κ1) is 20.7. The number of anilines is 3. The van der Waals surface area contributed by atoms with E-state index in [1.54, 1.807) is 6.20 Å². The predicted molar refractivity (Wildman–Crippen MR) is 118 cm³/mol. The van der Waals surface area contributed by atoms with Crippen LogP contribution in [0.25, 0.3) is 0 Å². The molecule has 0 spiro atoms. The second-order valence-electron chi connectivity index (χ2n) is 8.70. The van der Waals surface area contributed by atoms with Crippen molar-refractivity contribution in [2.75, 3.05) is 74.2 Å². The van der Waals surface area contributed by atoms with Crippen LogP contribution in [0.1, 0.15) is 19.7 Å². The Morgan fingerprint density at radius 2 is 1.60 bits per heavy atom. The molecule has 9 nitrogen and oxygen atoms in total. The predicted octanol–water partition coefficient (Wildman–Crippen LogP) is 0.658. The first-order valence-electron chi connectivity index (χ1n) is 10.7. The van der Waals surface area contributed by atoms with Crippen molar-refractivity contribution in [1.29, 1.82) is 0 Å². The van der Waals surface area contributed by atoms with E-state index in [0.29, 0.717) is 12.2 Å². The molecule has 0 radical (unpaired) electrons. The lowest BCUT2D eigenvalue weighted by molar-refractivity contribution is 0.296. The summed E-state index contributed by atoms with van der Waals surface area (Å²) in [7, 11) is 2.15. The third-order valence-electron chi connectivity index (χ3n) is 5.94. The second-order valence-corrected chi connectivity index (χ2v) is 8.70. The summed E-state index contributed by atoms with van der Waals surface area (Å²) in [6, 6.07) is 3.96. The SMILES string of the molecule is CN1CCN(c2nccc(N3CCN(c4ccnc(CCO)n4)C(C)(C)C3)n2)CC1. The van der Waals surface area contributed by atoms with Crippen molar-refractivity contribution < 1.29 is 5.11 Å². The molecule has 162 valence electrons. The molecule has 2 saturated heterocycles. The van der Waals surface area contributed by atoms with Crippen LogP contribution in [0.15, 0.2) is 24.5 Å². The highest BCUT2D eigenvalue weighted by atomic mass is 16.3. The Labute approximate surface area is 178 Å². The van der Waals surface area contributed by atoms with Crippen LogP contribution >= 0.6 is 0 Å². The summed E-state index contributed by atoms with van der Waals surface area (Å²) < 4.78 is 0. The summed E-state index contributed by atoms with van der Waals surface area (Å²) in [6.45, 7) is 11.1. The van der Waals surface area contributed by atoms with E-state index in [2.05, 4.69) is 55.4 Å². The Kier molecular flexibility index (Phi) is 6.01. The molecule has 2 aromatic heterocycles. The van der Waals surface area contributed by atoms with Crippen LogP contribution in [0.5, 0.6) is 0 Å². The fourth-order valence-corrected chi connectivity index (χ4v) is 4.21. The molecule has 2 aliphatic heterocycles. The van der Waals surface area contributed by atoms with Crippen molar-refractivity contribution in [1.82, 2.24) is 24.8 Å². The molecule has 0 bridgehead atoms. The van der Waals surface area contributed by atoms with Gasteiger partial charge in [-0.1, -0.05) is 0 Å². The van der Waals surface area contributed by atoms with Crippen molar-refractivity contribution in [3.05, 3.63) is 30.4 Å². The second kappa shape index (κ2) is 8.69. The van der Waals surface area contributed by atoms with Gasteiger partial charge < -0.3 is 24.7 Å². The van der Waals surface area contributed by atoms with E-state index in [0.717, 1.165) is 63.4 Å². The number of hydrogen-bond donors (Lipinski definition) is 1. The van der Waals surface area contributed by atoms with Gasteiger partial charge in [-0.2, -0.15) is 4.98 Å². The third-order valence-corrected chi connectivity index (χ3v) is 5.94. The first-order valence-corrected chi connectivity index (χ1v) is 10.7. The maximum atomic E-state index is 9.20. The van der Waals surface area contributed by atoms with Crippen LogP contribution in [-0.4, -0.2) is 94.9 Å². The Hall–Kier alpha value is -2.52. The molecule has 2 fully saturated rings. The van der Waals surface area contributed by atoms with E-state index >= 15 is 0 Å². The lowest BCUT2D eigenvalue weighted by Gasteiger charge is -2.48. The minimum Gasteiger partial charge on any atom is -0.396 e. The highest BCUT2D eigenvalue weighted by Gasteiger charge is 2.35. The average molecular weight is 413 g/mol. The number of hydrogen-bond acceptors (Lipinski definition) is 9. The highest BCUT2D eigenvalue weighted by molar-refractivity contribution is 5.50. The van der Waals surface area contributed by atoms with E-state index in [4.69, 9.17) is 4.98 Å². The molecule has 0 unspecified atom stereocenters.